The number of carbonyl (C=O) groups excluding carboxylic acids is 1. The third-order valence-corrected chi connectivity index (χ3v) is 5.69. The van der Waals surface area contributed by atoms with Crippen molar-refractivity contribution >= 4 is 21.7 Å². The molecule has 1 fully saturated rings. The summed E-state index contributed by atoms with van der Waals surface area (Å²) in [4.78, 5) is 23.7. The van der Waals surface area contributed by atoms with Crippen molar-refractivity contribution in [2.45, 2.75) is 43.5 Å². The molecule has 1 aliphatic carbocycles. The van der Waals surface area contributed by atoms with E-state index in [0.29, 0.717) is 19.3 Å². The number of carboxylic acid groups (broad SMARTS) is 1. The lowest BCUT2D eigenvalue weighted by Crippen LogP contribution is -2.36. The molecule has 24 heavy (non-hydrogen) atoms. The molecule has 132 valence electrons. The van der Waals surface area contributed by atoms with Gasteiger partial charge >= 0.3 is 5.97 Å². The molecule has 1 aliphatic rings. The Bertz CT molecular complexity index is 711. The predicted octanol–water partition coefficient (Wildman–Crippen LogP) is 2.16. The van der Waals surface area contributed by atoms with Gasteiger partial charge in [0, 0.05) is 12.2 Å². The summed E-state index contributed by atoms with van der Waals surface area (Å²) in [5, 5.41) is 12.0. The summed E-state index contributed by atoms with van der Waals surface area (Å²) in [5.41, 5.74) is 0.807. The fourth-order valence-corrected chi connectivity index (χ4v) is 3.70. The number of amides is 1. The van der Waals surface area contributed by atoms with Crippen molar-refractivity contribution in [1.29, 1.82) is 0 Å². The normalized spacial score (nSPS) is 22.6. The topological polar surface area (TPSA) is 101 Å². The fraction of sp³-hybridized carbons (Fsp3) is 0.529. The molecule has 3 unspecified atom stereocenters. The monoisotopic (exact) mass is 353 g/mol. The highest BCUT2D eigenvalue weighted by atomic mass is 32.2. The van der Waals surface area contributed by atoms with Crippen LogP contribution in [-0.4, -0.2) is 31.7 Å². The molecule has 7 heteroatoms. The summed E-state index contributed by atoms with van der Waals surface area (Å²) >= 11 is 0. The van der Waals surface area contributed by atoms with Crippen LogP contribution in [0.15, 0.2) is 29.2 Å². The van der Waals surface area contributed by atoms with Crippen molar-refractivity contribution in [3.63, 3.8) is 0 Å². The highest BCUT2D eigenvalue weighted by Gasteiger charge is 2.31. The summed E-state index contributed by atoms with van der Waals surface area (Å²) < 4.78 is 22.9. The van der Waals surface area contributed by atoms with Gasteiger partial charge in [-0.25, -0.2) is 8.42 Å². The Balaban J connectivity index is 1.99. The summed E-state index contributed by atoms with van der Waals surface area (Å²) in [5.74, 6) is -1.70. The molecule has 6 nitrogen and oxygen atoms in total. The van der Waals surface area contributed by atoms with Crippen molar-refractivity contribution in [2.75, 3.05) is 6.26 Å². The molecule has 0 aliphatic heterocycles. The van der Waals surface area contributed by atoms with Crippen LogP contribution in [0.2, 0.25) is 0 Å². The van der Waals surface area contributed by atoms with Gasteiger partial charge in [-0.3, -0.25) is 9.59 Å². The molecule has 1 aromatic carbocycles. The van der Waals surface area contributed by atoms with E-state index in [1.165, 1.54) is 12.1 Å². The Hall–Kier alpha value is -1.89. The number of aliphatic carboxylic acids is 1. The van der Waals surface area contributed by atoms with Crippen molar-refractivity contribution in [1.82, 2.24) is 5.32 Å². The maximum atomic E-state index is 12.4. The minimum absolute atomic E-state index is 0.138. The molecule has 1 amide bonds. The second kappa shape index (κ2) is 7.34. The molecule has 0 heterocycles. The van der Waals surface area contributed by atoms with Gasteiger partial charge in [-0.05, 0) is 43.9 Å². The van der Waals surface area contributed by atoms with E-state index >= 15 is 0 Å². The van der Waals surface area contributed by atoms with Crippen LogP contribution in [0.25, 0.3) is 0 Å². The number of carboxylic acids is 1. The maximum Gasteiger partial charge on any atom is 0.306 e. The summed E-state index contributed by atoms with van der Waals surface area (Å²) in [6.07, 6.45) is 3.60. The molecule has 2 rings (SSSR count). The number of nitrogens with one attached hydrogen (secondary N) is 1. The number of rotatable bonds is 5. The third-order valence-electron chi connectivity index (χ3n) is 4.56. The molecule has 0 saturated heterocycles. The first-order valence-corrected chi connectivity index (χ1v) is 9.91. The number of carbonyl (C=O) groups is 2. The number of benzene rings is 1. The predicted molar refractivity (Wildman–Crippen MR) is 89.2 cm³/mol. The van der Waals surface area contributed by atoms with Crippen LogP contribution in [0.3, 0.4) is 0 Å². The Labute approximate surface area is 142 Å². The number of hydrogen-bond donors (Lipinski definition) is 2. The van der Waals surface area contributed by atoms with E-state index in [9.17, 15) is 18.0 Å². The van der Waals surface area contributed by atoms with Gasteiger partial charge in [0.25, 0.3) is 0 Å². The first-order valence-electron chi connectivity index (χ1n) is 8.01. The largest absolute Gasteiger partial charge is 0.481 e. The lowest BCUT2D eigenvalue weighted by atomic mass is 9.81. The van der Waals surface area contributed by atoms with Crippen molar-refractivity contribution in [2.24, 2.45) is 11.8 Å². The average Bonchev–Trinajstić information content (AvgIpc) is 2.54. The average molecular weight is 353 g/mol. The lowest BCUT2D eigenvalue weighted by Gasteiger charge is -2.27. The number of sulfone groups is 1. The minimum atomic E-state index is -3.24. The zero-order valence-electron chi connectivity index (χ0n) is 13.9. The molecule has 2 N–H and O–H groups in total. The van der Waals surface area contributed by atoms with Crippen LogP contribution < -0.4 is 5.32 Å². The number of hydrogen-bond acceptors (Lipinski definition) is 4. The van der Waals surface area contributed by atoms with Gasteiger partial charge in [-0.2, -0.15) is 0 Å². The van der Waals surface area contributed by atoms with E-state index in [0.717, 1.165) is 18.2 Å². The van der Waals surface area contributed by atoms with Gasteiger partial charge in [-0.15, -0.1) is 0 Å². The van der Waals surface area contributed by atoms with Gasteiger partial charge in [0.2, 0.25) is 5.91 Å². The third kappa shape index (κ3) is 4.56. The van der Waals surface area contributed by atoms with E-state index in [2.05, 4.69) is 5.32 Å². The highest BCUT2D eigenvalue weighted by molar-refractivity contribution is 7.90. The first kappa shape index (κ1) is 18.4. The smallest absolute Gasteiger partial charge is 0.306 e. The summed E-state index contributed by atoms with van der Waals surface area (Å²) in [6, 6.07) is 6.14. The maximum absolute atomic E-state index is 12.4. The van der Waals surface area contributed by atoms with Crippen LogP contribution in [0.4, 0.5) is 0 Å². The van der Waals surface area contributed by atoms with Crippen LogP contribution in [-0.2, 0) is 19.4 Å². The van der Waals surface area contributed by atoms with Crippen LogP contribution in [0.1, 0.15) is 44.2 Å². The highest BCUT2D eigenvalue weighted by Crippen LogP contribution is 2.30. The molecule has 1 aromatic rings. The molecular formula is C17H23NO5S. The van der Waals surface area contributed by atoms with Gasteiger partial charge in [-0.1, -0.05) is 18.6 Å². The van der Waals surface area contributed by atoms with Gasteiger partial charge in [0.05, 0.1) is 16.9 Å². The van der Waals surface area contributed by atoms with Crippen LogP contribution in [0, 0.1) is 11.8 Å². The Morgan fingerprint density at radius 3 is 2.29 bits per heavy atom. The second-order valence-corrected chi connectivity index (χ2v) is 8.49. The molecule has 0 spiro atoms. The second-order valence-electron chi connectivity index (χ2n) is 6.47. The Morgan fingerprint density at radius 1 is 1.17 bits per heavy atom. The van der Waals surface area contributed by atoms with Gasteiger partial charge < -0.3 is 10.4 Å². The summed E-state index contributed by atoms with van der Waals surface area (Å²) in [6.45, 7) is 1.82. The summed E-state index contributed by atoms with van der Waals surface area (Å²) in [7, 11) is -3.24. The van der Waals surface area contributed by atoms with E-state index in [1.807, 2.05) is 6.92 Å². The molecular weight excluding hydrogens is 330 g/mol. The fourth-order valence-electron chi connectivity index (χ4n) is 3.07. The molecule has 1 saturated carbocycles. The minimum Gasteiger partial charge on any atom is -0.481 e. The molecule has 3 atom stereocenters. The Morgan fingerprint density at radius 2 is 1.75 bits per heavy atom. The van der Waals surface area contributed by atoms with Crippen LogP contribution in [0.5, 0.6) is 0 Å². The van der Waals surface area contributed by atoms with Crippen molar-refractivity contribution in [3.05, 3.63) is 29.8 Å². The van der Waals surface area contributed by atoms with Crippen molar-refractivity contribution in [3.8, 4) is 0 Å². The van der Waals surface area contributed by atoms with Gasteiger partial charge in [0.1, 0.15) is 0 Å². The quantitative estimate of drug-likeness (QED) is 0.845. The van der Waals surface area contributed by atoms with E-state index in [-0.39, 0.29) is 22.8 Å². The zero-order chi connectivity index (χ0) is 17.9. The molecule has 0 bridgehead atoms. The van der Waals surface area contributed by atoms with E-state index in [4.69, 9.17) is 5.11 Å². The standard InChI is InChI=1S/C17H23NO5S/c1-11(12-6-8-15(9-7-12)24(2,22)23)18-16(19)13-4-3-5-14(10-13)17(20)21/h6-9,11,13-14H,3-5,10H2,1-2H3,(H,18,19)(H,20,21). The lowest BCUT2D eigenvalue weighted by molar-refractivity contribution is -0.144. The van der Waals surface area contributed by atoms with Crippen molar-refractivity contribution < 1.29 is 23.1 Å². The van der Waals surface area contributed by atoms with Crippen LogP contribution >= 0.6 is 0 Å². The Kier molecular flexibility index (Phi) is 5.64. The van der Waals surface area contributed by atoms with E-state index in [1.54, 1.807) is 12.1 Å². The SMILES string of the molecule is CC(NC(=O)C1CCCC(C(=O)O)C1)c1ccc(S(C)(=O)=O)cc1. The van der Waals surface area contributed by atoms with Gasteiger partial charge in [0.15, 0.2) is 9.84 Å². The van der Waals surface area contributed by atoms with E-state index < -0.39 is 21.7 Å². The molecule has 0 aromatic heterocycles. The first-order chi connectivity index (χ1) is 11.2. The molecule has 0 radical (unpaired) electrons. The zero-order valence-corrected chi connectivity index (χ0v) is 14.7.